The average molecular weight is 452 g/mol. The van der Waals surface area contributed by atoms with Crippen molar-refractivity contribution in [2.45, 2.75) is 71.5 Å². The summed E-state index contributed by atoms with van der Waals surface area (Å²) in [4.78, 5) is 21.8. The molecule has 6 nitrogen and oxygen atoms in total. The third-order valence-electron chi connectivity index (χ3n) is 6.92. The molecule has 0 unspecified atom stereocenters. The van der Waals surface area contributed by atoms with E-state index in [1.165, 1.54) is 41.3 Å². The molecule has 2 heterocycles. The van der Waals surface area contributed by atoms with Gasteiger partial charge in [0.2, 0.25) is 11.1 Å². The second kappa shape index (κ2) is 9.61. The molecule has 1 aliphatic rings. The first-order valence-corrected chi connectivity index (χ1v) is 12.5. The van der Waals surface area contributed by atoms with Gasteiger partial charge in [0.05, 0.1) is 5.75 Å². The van der Waals surface area contributed by atoms with Crippen molar-refractivity contribution < 1.29 is 4.79 Å². The van der Waals surface area contributed by atoms with Crippen molar-refractivity contribution in [2.24, 2.45) is 11.8 Å². The second-order valence-electron chi connectivity index (χ2n) is 9.26. The fraction of sp³-hybridized carbons (Fsp3) is 0.520. The van der Waals surface area contributed by atoms with Crippen molar-refractivity contribution in [3.63, 3.8) is 0 Å². The Morgan fingerprint density at radius 2 is 1.88 bits per heavy atom. The molecule has 3 aromatic rings. The first-order valence-electron chi connectivity index (χ1n) is 11.5. The number of nitrogens with one attached hydrogen (secondary N) is 1. The first-order chi connectivity index (χ1) is 15.3. The number of benzene rings is 1. The lowest BCUT2D eigenvalue weighted by Crippen LogP contribution is -2.44. The number of fused-ring (bicyclic) bond motifs is 1. The van der Waals surface area contributed by atoms with Crippen molar-refractivity contribution in [3.8, 4) is 0 Å². The van der Waals surface area contributed by atoms with Crippen LogP contribution in [0.4, 0.5) is 0 Å². The van der Waals surface area contributed by atoms with E-state index >= 15 is 0 Å². The summed E-state index contributed by atoms with van der Waals surface area (Å²) in [6.45, 7) is 10.7. The number of amides is 1. The Hall–Kier alpha value is -2.41. The average Bonchev–Trinajstić information content (AvgIpc) is 3.17. The summed E-state index contributed by atoms with van der Waals surface area (Å²) < 4.78 is 1.81. The zero-order valence-electron chi connectivity index (χ0n) is 19.7. The molecule has 1 fully saturated rings. The number of aryl methyl sites for hydroxylation is 3. The summed E-state index contributed by atoms with van der Waals surface area (Å²) in [5.74, 6) is 2.15. The van der Waals surface area contributed by atoms with E-state index in [0.717, 1.165) is 24.2 Å². The van der Waals surface area contributed by atoms with Gasteiger partial charge in [0.1, 0.15) is 0 Å². The standard InChI is InChI=1S/C25H33N5OS/c1-15-9-11-20(12-10-15)13-21-18(4)26-24-28-25(29-30(24)19(21)5)32-14-23(31)27-22-8-6-7-16(2)17(22)3/h9-12,16-17,22H,6-8,13-14H2,1-5H3,(H,27,31)/t16-,17+,22+/m0/s1. The molecule has 3 atom stereocenters. The molecule has 2 aromatic heterocycles. The molecule has 32 heavy (non-hydrogen) atoms. The molecule has 0 aliphatic heterocycles. The third-order valence-corrected chi connectivity index (χ3v) is 7.75. The van der Waals surface area contributed by atoms with Crippen LogP contribution in [0.15, 0.2) is 29.4 Å². The molecule has 0 saturated heterocycles. The predicted octanol–water partition coefficient (Wildman–Crippen LogP) is 4.67. The maximum atomic E-state index is 12.5. The molecule has 1 amide bonds. The zero-order valence-corrected chi connectivity index (χ0v) is 20.5. The molecule has 170 valence electrons. The van der Waals surface area contributed by atoms with Gasteiger partial charge in [-0.2, -0.15) is 4.98 Å². The van der Waals surface area contributed by atoms with Crippen LogP contribution >= 0.6 is 11.8 Å². The van der Waals surface area contributed by atoms with E-state index in [9.17, 15) is 4.79 Å². The number of aromatic nitrogens is 4. The van der Waals surface area contributed by atoms with E-state index in [1.807, 2.05) is 11.4 Å². The third kappa shape index (κ3) is 4.98. The minimum atomic E-state index is 0.0562. The summed E-state index contributed by atoms with van der Waals surface area (Å²) in [5, 5.41) is 8.46. The lowest BCUT2D eigenvalue weighted by molar-refractivity contribution is -0.120. The van der Waals surface area contributed by atoms with E-state index in [4.69, 9.17) is 0 Å². The van der Waals surface area contributed by atoms with Crippen LogP contribution in [0, 0.1) is 32.6 Å². The fourth-order valence-electron chi connectivity index (χ4n) is 4.58. The Morgan fingerprint density at radius 3 is 2.62 bits per heavy atom. The van der Waals surface area contributed by atoms with Crippen molar-refractivity contribution >= 4 is 23.4 Å². The van der Waals surface area contributed by atoms with Gasteiger partial charge in [0.25, 0.3) is 5.78 Å². The summed E-state index contributed by atoms with van der Waals surface area (Å²) in [5.41, 5.74) is 5.69. The number of rotatable bonds is 6. The van der Waals surface area contributed by atoms with Gasteiger partial charge >= 0.3 is 0 Å². The lowest BCUT2D eigenvalue weighted by atomic mass is 9.78. The highest BCUT2D eigenvalue weighted by molar-refractivity contribution is 7.99. The molecule has 1 saturated carbocycles. The van der Waals surface area contributed by atoms with Crippen LogP contribution < -0.4 is 5.32 Å². The summed E-state index contributed by atoms with van der Waals surface area (Å²) in [6, 6.07) is 8.87. The van der Waals surface area contributed by atoms with Gasteiger partial charge < -0.3 is 5.32 Å². The number of nitrogens with zero attached hydrogens (tertiary/aromatic N) is 4. The summed E-state index contributed by atoms with van der Waals surface area (Å²) >= 11 is 1.38. The quantitative estimate of drug-likeness (QED) is 0.551. The lowest BCUT2D eigenvalue weighted by Gasteiger charge is -2.34. The molecule has 1 N–H and O–H groups in total. The minimum absolute atomic E-state index is 0.0562. The molecular formula is C25H33N5OS. The van der Waals surface area contributed by atoms with Gasteiger partial charge in [-0.15, -0.1) is 5.10 Å². The van der Waals surface area contributed by atoms with Crippen LogP contribution in [-0.4, -0.2) is 37.3 Å². The number of carbonyl (C=O) groups excluding carboxylic acids is 1. The molecule has 1 aliphatic carbocycles. The zero-order chi connectivity index (χ0) is 22.8. The minimum Gasteiger partial charge on any atom is -0.352 e. The highest BCUT2D eigenvalue weighted by Crippen LogP contribution is 2.29. The normalized spacial score (nSPS) is 21.1. The van der Waals surface area contributed by atoms with E-state index in [-0.39, 0.29) is 11.9 Å². The molecule has 0 radical (unpaired) electrons. The van der Waals surface area contributed by atoms with Crippen molar-refractivity contribution in [1.82, 2.24) is 24.9 Å². The smallest absolute Gasteiger partial charge is 0.253 e. The maximum absolute atomic E-state index is 12.5. The van der Waals surface area contributed by atoms with Gasteiger partial charge in [0, 0.05) is 23.9 Å². The Balaban J connectivity index is 1.44. The van der Waals surface area contributed by atoms with Gasteiger partial charge in [-0.05, 0) is 50.2 Å². The van der Waals surface area contributed by atoms with E-state index in [2.05, 4.69) is 72.3 Å². The van der Waals surface area contributed by atoms with Crippen molar-refractivity contribution in [3.05, 3.63) is 52.3 Å². The van der Waals surface area contributed by atoms with Gasteiger partial charge in [-0.3, -0.25) is 4.79 Å². The van der Waals surface area contributed by atoms with Gasteiger partial charge in [-0.25, -0.2) is 9.50 Å². The number of carbonyl (C=O) groups is 1. The van der Waals surface area contributed by atoms with Gasteiger partial charge in [-0.1, -0.05) is 68.3 Å². The van der Waals surface area contributed by atoms with Gasteiger partial charge in [0.15, 0.2) is 0 Å². The van der Waals surface area contributed by atoms with Crippen molar-refractivity contribution in [2.75, 3.05) is 5.75 Å². The van der Waals surface area contributed by atoms with Crippen LogP contribution in [0.1, 0.15) is 61.2 Å². The largest absolute Gasteiger partial charge is 0.352 e. The Labute approximate surface area is 194 Å². The molecule has 1 aromatic carbocycles. The number of thioether (sulfide) groups is 1. The second-order valence-corrected chi connectivity index (χ2v) is 10.2. The molecule has 7 heteroatoms. The van der Waals surface area contributed by atoms with Crippen LogP contribution in [-0.2, 0) is 11.2 Å². The Kier molecular flexibility index (Phi) is 6.84. The fourth-order valence-corrected chi connectivity index (χ4v) is 5.21. The van der Waals surface area contributed by atoms with Crippen LogP contribution in [0.5, 0.6) is 0 Å². The van der Waals surface area contributed by atoms with Crippen LogP contribution in [0.2, 0.25) is 0 Å². The predicted molar refractivity (Wildman–Crippen MR) is 129 cm³/mol. The van der Waals surface area contributed by atoms with E-state index in [0.29, 0.717) is 28.5 Å². The van der Waals surface area contributed by atoms with Crippen LogP contribution in [0.25, 0.3) is 5.78 Å². The molecule has 0 bridgehead atoms. The molecular weight excluding hydrogens is 418 g/mol. The topological polar surface area (TPSA) is 72.2 Å². The monoisotopic (exact) mass is 451 g/mol. The maximum Gasteiger partial charge on any atom is 0.253 e. The molecule has 0 spiro atoms. The van der Waals surface area contributed by atoms with Crippen LogP contribution in [0.3, 0.4) is 0 Å². The van der Waals surface area contributed by atoms with E-state index < -0.39 is 0 Å². The Morgan fingerprint density at radius 1 is 1.12 bits per heavy atom. The highest BCUT2D eigenvalue weighted by atomic mass is 32.2. The molecule has 4 rings (SSSR count). The Bertz CT molecular complexity index is 1110. The summed E-state index contributed by atoms with van der Waals surface area (Å²) in [6.07, 6.45) is 4.32. The summed E-state index contributed by atoms with van der Waals surface area (Å²) in [7, 11) is 0. The number of hydrogen-bond donors (Lipinski definition) is 1. The van der Waals surface area contributed by atoms with E-state index in [1.54, 1.807) is 0 Å². The number of hydrogen-bond acceptors (Lipinski definition) is 5. The highest BCUT2D eigenvalue weighted by Gasteiger charge is 2.28. The van der Waals surface area contributed by atoms with Crippen molar-refractivity contribution in [1.29, 1.82) is 0 Å². The SMILES string of the molecule is Cc1ccc(Cc2c(C)nc3nc(SCC(=O)N[C@@H]4CCC[C@H](C)[C@H]4C)nn3c2C)cc1. The first kappa shape index (κ1) is 22.8.